The number of nitrogens with zero attached hydrogens (tertiary/aromatic N) is 2. The van der Waals surface area contributed by atoms with Crippen LogP contribution < -0.4 is 0 Å². The summed E-state index contributed by atoms with van der Waals surface area (Å²) in [7, 11) is 0. The predicted octanol–water partition coefficient (Wildman–Crippen LogP) is -1.75. The standard InChI is InChI=1S/C8H14N2O6/c1-2-7(14)16-6-10(5-13)8(15)9(3-11)4-12/h2,11-13H,1,3-6H2. The summed E-state index contributed by atoms with van der Waals surface area (Å²) in [6.07, 6.45) is 0.899. The van der Waals surface area contributed by atoms with Crippen LogP contribution in [0.2, 0.25) is 0 Å². The van der Waals surface area contributed by atoms with Crippen molar-refractivity contribution in [1.29, 1.82) is 0 Å². The van der Waals surface area contributed by atoms with E-state index in [1.807, 2.05) is 0 Å². The second kappa shape index (κ2) is 7.63. The minimum atomic E-state index is -0.871. The second-order valence-electron chi connectivity index (χ2n) is 2.58. The van der Waals surface area contributed by atoms with Crippen LogP contribution in [-0.2, 0) is 9.53 Å². The summed E-state index contributed by atoms with van der Waals surface area (Å²) >= 11 is 0. The molecule has 16 heavy (non-hydrogen) atoms. The van der Waals surface area contributed by atoms with Crippen molar-refractivity contribution in [1.82, 2.24) is 9.80 Å². The van der Waals surface area contributed by atoms with E-state index in [0.29, 0.717) is 9.80 Å². The Morgan fingerprint density at radius 2 is 1.62 bits per heavy atom. The number of esters is 1. The van der Waals surface area contributed by atoms with Crippen LogP contribution in [0.5, 0.6) is 0 Å². The van der Waals surface area contributed by atoms with Crippen LogP contribution in [0.4, 0.5) is 4.79 Å². The Balaban J connectivity index is 4.31. The first-order valence-electron chi connectivity index (χ1n) is 4.26. The molecule has 0 bridgehead atoms. The van der Waals surface area contributed by atoms with Gasteiger partial charge in [-0.05, 0) is 0 Å². The van der Waals surface area contributed by atoms with E-state index in [-0.39, 0.29) is 0 Å². The lowest BCUT2D eigenvalue weighted by Gasteiger charge is -2.25. The molecule has 0 atom stereocenters. The Hall–Kier alpha value is -1.64. The van der Waals surface area contributed by atoms with Crippen LogP contribution in [0, 0.1) is 0 Å². The molecule has 8 heteroatoms. The number of aliphatic hydroxyl groups is 3. The Kier molecular flexibility index (Phi) is 6.84. The van der Waals surface area contributed by atoms with Gasteiger partial charge in [-0.2, -0.15) is 0 Å². The number of ether oxygens (including phenoxy) is 1. The molecule has 0 radical (unpaired) electrons. The molecule has 0 unspecified atom stereocenters. The molecule has 0 spiro atoms. The third-order valence-electron chi connectivity index (χ3n) is 1.58. The molecule has 8 nitrogen and oxygen atoms in total. The number of carbonyl (C=O) groups is 2. The van der Waals surface area contributed by atoms with Gasteiger partial charge in [-0.25, -0.2) is 9.59 Å². The third kappa shape index (κ3) is 4.26. The molecule has 0 aliphatic heterocycles. The van der Waals surface area contributed by atoms with E-state index in [1.54, 1.807) is 0 Å². The molecule has 0 aromatic carbocycles. The number of urea groups is 1. The van der Waals surface area contributed by atoms with Crippen LogP contribution in [0.15, 0.2) is 12.7 Å². The van der Waals surface area contributed by atoms with Crippen LogP contribution in [0.1, 0.15) is 0 Å². The van der Waals surface area contributed by atoms with Crippen molar-refractivity contribution in [2.75, 3.05) is 26.9 Å². The Bertz CT molecular complexity index is 253. The van der Waals surface area contributed by atoms with Crippen molar-refractivity contribution in [3.05, 3.63) is 12.7 Å². The van der Waals surface area contributed by atoms with Gasteiger partial charge in [-0.15, -0.1) is 0 Å². The van der Waals surface area contributed by atoms with Crippen molar-refractivity contribution in [3.63, 3.8) is 0 Å². The lowest BCUT2D eigenvalue weighted by molar-refractivity contribution is -0.142. The van der Waals surface area contributed by atoms with E-state index < -0.39 is 38.9 Å². The summed E-state index contributed by atoms with van der Waals surface area (Å²) < 4.78 is 4.50. The molecule has 3 N–H and O–H groups in total. The van der Waals surface area contributed by atoms with Crippen molar-refractivity contribution >= 4 is 12.0 Å². The van der Waals surface area contributed by atoms with Gasteiger partial charge in [0.1, 0.15) is 20.2 Å². The van der Waals surface area contributed by atoms with Gasteiger partial charge < -0.3 is 20.1 Å². The summed E-state index contributed by atoms with van der Waals surface area (Å²) in [5, 5.41) is 26.2. The van der Waals surface area contributed by atoms with Gasteiger partial charge in [-0.1, -0.05) is 6.58 Å². The van der Waals surface area contributed by atoms with Gasteiger partial charge >= 0.3 is 12.0 Å². The molecule has 0 fully saturated rings. The highest BCUT2D eigenvalue weighted by Crippen LogP contribution is 1.97. The summed E-state index contributed by atoms with van der Waals surface area (Å²) in [6.45, 7) is 0.478. The predicted molar refractivity (Wildman–Crippen MR) is 51.5 cm³/mol. The zero-order valence-corrected chi connectivity index (χ0v) is 8.57. The van der Waals surface area contributed by atoms with Crippen molar-refractivity contribution in [3.8, 4) is 0 Å². The number of hydrogen-bond donors (Lipinski definition) is 3. The number of rotatable bonds is 6. The summed E-state index contributed by atoms with van der Waals surface area (Å²) in [6, 6.07) is -0.871. The lowest BCUT2D eigenvalue weighted by atomic mass is 10.6. The topological polar surface area (TPSA) is 111 Å². The van der Waals surface area contributed by atoms with Gasteiger partial charge in [0.2, 0.25) is 0 Å². The fourth-order valence-electron chi connectivity index (χ4n) is 0.723. The van der Waals surface area contributed by atoms with Gasteiger partial charge in [0.15, 0.2) is 6.73 Å². The first-order chi connectivity index (χ1) is 7.60. The van der Waals surface area contributed by atoms with Crippen molar-refractivity contribution in [2.45, 2.75) is 0 Å². The van der Waals surface area contributed by atoms with Gasteiger partial charge in [0.05, 0.1) is 0 Å². The average Bonchev–Trinajstić information content (AvgIpc) is 2.31. The molecule has 2 amide bonds. The van der Waals surface area contributed by atoms with Crippen LogP contribution in [0.3, 0.4) is 0 Å². The Morgan fingerprint density at radius 3 is 2.00 bits per heavy atom. The first-order valence-corrected chi connectivity index (χ1v) is 4.26. The van der Waals surface area contributed by atoms with Crippen molar-refractivity contribution < 1.29 is 29.6 Å². The number of aliphatic hydroxyl groups excluding tert-OH is 3. The normalized spacial score (nSPS) is 9.44. The van der Waals surface area contributed by atoms with E-state index in [2.05, 4.69) is 11.3 Å². The Morgan fingerprint density at radius 1 is 1.12 bits per heavy atom. The molecule has 0 rings (SSSR count). The molecule has 0 saturated heterocycles. The number of carbonyl (C=O) groups excluding carboxylic acids is 2. The SMILES string of the molecule is C=CC(=O)OCN(CO)C(=O)N(CO)CO. The molecule has 0 aromatic heterocycles. The minimum Gasteiger partial charge on any atom is -0.441 e. The molecule has 0 aliphatic carbocycles. The molecule has 0 saturated carbocycles. The Labute approximate surface area is 91.9 Å². The van der Waals surface area contributed by atoms with Crippen molar-refractivity contribution in [2.24, 2.45) is 0 Å². The molecule has 0 aliphatic rings. The first kappa shape index (κ1) is 14.4. The van der Waals surface area contributed by atoms with Gasteiger partial charge in [0.25, 0.3) is 0 Å². The lowest BCUT2D eigenvalue weighted by Crippen LogP contribution is -2.45. The largest absolute Gasteiger partial charge is 0.441 e. The highest BCUT2D eigenvalue weighted by molar-refractivity contribution is 5.81. The van der Waals surface area contributed by atoms with Crippen LogP contribution in [0.25, 0.3) is 0 Å². The number of amides is 2. The molecular weight excluding hydrogens is 220 g/mol. The summed E-state index contributed by atoms with van der Waals surface area (Å²) in [5.74, 6) is -0.759. The van der Waals surface area contributed by atoms with E-state index in [4.69, 9.17) is 15.3 Å². The summed E-state index contributed by atoms with van der Waals surface area (Å²) in [4.78, 5) is 23.4. The average molecular weight is 234 g/mol. The third-order valence-corrected chi connectivity index (χ3v) is 1.58. The molecular formula is C8H14N2O6. The highest BCUT2D eigenvalue weighted by Gasteiger charge is 2.19. The second-order valence-corrected chi connectivity index (χ2v) is 2.58. The number of hydrogen-bond acceptors (Lipinski definition) is 6. The smallest absolute Gasteiger partial charge is 0.331 e. The maximum atomic E-state index is 11.4. The fourth-order valence-corrected chi connectivity index (χ4v) is 0.723. The van der Waals surface area contributed by atoms with E-state index in [0.717, 1.165) is 6.08 Å². The maximum absolute atomic E-state index is 11.4. The molecule has 0 heterocycles. The minimum absolute atomic E-state index is 0.503. The van der Waals surface area contributed by atoms with Gasteiger partial charge in [0, 0.05) is 6.08 Å². The monoisotopic (exact) mass is 234 g/mol. The quantitative estimate of drug-likeness (QED) is 0.285. The van der Waals surface area contributed by atoms with Crippen LogP contribution in [-0.4, -0.2) is 64.0 Å². The van der Waals surface area contributed by atoms with Crippen LogP contribution >= 0.6 is 0 Å². The fraction of sp³-hybridized carbons (Fsp3) is 0.500. The van der Waals surface area contributed by atoms with E-state index >= 15 is 0 Å². The highest BCUT2D eigenvalue weighted by atomic mass is 16.5. The van der Waals surface area contributed by atoms with E-state index in [1.165, 1.54) is 0 Å². The van der Waals surface area contributed by atoms with E-state index in [9.17, 15) is 9.59 Å². The molecule has 92 valence electrons. The zero-order valence-electron chi connectivity index (χ0n) is 8.57. The zero-order chi connectivity index (χ0) is 12.6. The van der Waals surface area contributed by atoms with Gasteiger partial charge in [-0.3, -0.25) is 9.80 Å². The maximum Gasteiger partial charge on any atom is 0.331 e. The molecule has 0 aromatic rings. The summed E-state index contributed by atoms with van der Waals surface area (Å²) in [5.41, 5.74) is 0.